The molecule has 2 heterocycles. The third-order valence-electron chi connectivity index (χ3n) is 6.73. The molecule has 1 aliphatic rings. The maximum absolute atomic E-state index is 13.8. The molecule has 0 bridgehead atoms. The zero-order chi connectivity index (χ0) is 28.3. The van der Waals surface area contributed by atoms with Gasteiger partial charge in [-0.2, -0.15) is 5.10 Å². The molecule has 1 aromatic heterocycles. The molecule has 2 amide bonds. The van der Waals surface area contributed by atoms with Crippen LogP contribution in [0.15, 0.2) is 42.5 Å². The van der Waals surface area contributed by atoms with Crippen LogP contribution in [0.1, 0.15) is 54.0 Å². The number of thioether (sulfide) groups is 1. The molecule has 1 aliphatic heterocycles. The molecular weight excluding hydrogens is 512 g/mol. The monoisotopic (exact) mass is 550 g/mol. The summed E-state index contributed by atoms with van der Waals surface area (Å²) >= 11 is 1.54. The lowest BCUT2D eigenvalue weighted by atomic mass is 9.87. The second kappa shape index (κ2) is 11.8. The number of aromatic nitrogens is 2. The number of aryl methyl sites for hydroxylation is 2. The molecule has 2 aromatic carbocycles. The van der Waals surface area contributed by atoms with Crippen molar-refractivity contribution in [2.45, 2.75) is 45.3 Å². The van der Waals surface area contributed by atoms with Gasteiger partial charge in [-0.25, -0.2) is 4.68 Å². The number of carbonyl (C=O) groups is 2. The molecule has 1 atom stereocenters. The van der Waals surface area contributed by atoms with Gasteiger partial charge in [-0.3, -0.25) is 14.5 Å². The summed E-state index contributed by atoms with van der Waals surface area (Å²) < 4.78 is 12.7. The van der Waals surface area contributed by atoms with E-state index in [1.807, 2.05) is 48.0 Å². The van der Waals surface area contributed by atoms with Gasteiger partial charge in [0, 0.05) is 30.2 Å². The molecule has 0 saturated heterocycles. The number of ether oxygens (including phenoxy) is 2. The molecular formula is C30H38N4O4S. The molecule has 0 radical (unpaired) electrons. The molecule has 0 spiro atoms. The van der Waals surface area contributed by atoms with Gasteiger partial charge in [0.1, 0.15) is 18.1 Å². The number of methoxy groups -OCH3 is 2. The Morgan fingerprint density at radius 2 is 1.90 bits per heavy atom. The third kappa shape index (κ3) is 5.99. The van der Waals surface area contributed by atoms with Crippen LogP contribution in [0.5, 0.6) is 5.75 Å². The average Bonchev–Trinajstić information content (AvgIpc) is 3.22. The van der Waals surface area contributed by atoms with Crippen molar-refractivity contribution < 1.29 is 19.1 Å². The van der Waals surface area contributed by atoms with Crippen LogP contribution < -0.4 is 15.0 Å². The number of fused-ring (bicyclic) bond motifs is 1. The largest absolute Gasteiger partial charge is 0.496 e. The Morgan fingerprint density at radius 3 is 2.56 bits per heavy atom. The van der Waals surface area contributed by atoms with Crippen LogP contribution in [0.4, 0.5) is 5.82 Å². The molecule has 0 aliphatic carbocycles. The number of rotatable bonds is 8. The molecule has 0 unspecified atom stereocenters. The summed E-state index contributed by atoms with van der Waals surface area (Å²) in [6, 6.07) is 14.1. The highest BCUT2D eigenvalue weighted by atomic mass is 32.2. The first-order valence-corrected chi connectivity index (χ1v) is 14.1. The number of nitrogens with one attached hydrogen (secondary N) is 1. The molecule has 3 aromatic rings. The standard InChI is InChI=1S/C30H38N4O4S/c1-19-12-13-22(20(2)16-19)34-29-26(28(32-34)30(3,4)5)27(21-10-8-9-11-23(21)38-7)39-18-25(36)33(29)17-24(35)31-14-15-37-6/h8-13,16,27H,14-15,17-18H2,1-7H3,(H,31,35)/t27-/m0/s1. The summed E-state index contributed by atoms with van der Waals surface area (Å²) in [6.45, 7) is 11.1. The quantitative estimate of drug-likeness (QED) is 0.409. The van der Waals surface area contributed by atoms with Gasteiger partial charge in [0.25, 0.3) is 0 Å². The Morgan fingerprint density at radius 1 is 1.15 bits per heavy atom. The number of hydrogen-bond acceptors (Lipinski definition) is 6. The maximum Gasteiger partial charge on any atom is 0.240 e. The van der Waals surface area contributed by atoms with Crippen molar-refractivity contribution in [3.05, 3.63) is 70.4 Å². The van der Waals surface area contributed by atoms with Crippen LogP contribution in [-0.4, -0.2) is 61.3 Å². The van der Waals surface area contributed by atoms with Gasteiger partial charge in [0.2, 0.25) is 11.8 Å². The highest BCUT2D eigenvalue weighted by Crippen LogP contribution is 2.50. The van der Waals surface area contributed by atoms with E-state index in [0.29, 0.717) is 19.0 Å². The van der Waals surface area contributed by atoms with Gasteiger partial charge in [0.05, 0.1) is 36.1 Å². The van der Waals surface area contributed by atoms with Crippen LogP contribution in [0.3, 0.4) is 0 Å². The van der Waals surface area contributed by atoms with Gasteiger partial charge in [-0.15, -0.1) is 11.8 Å². The van der Waals surface area contributed by atoms with Crippen LogP contribution in [-0.2, 0) is 19.7 Å². The summed E-state index contributed by atoms with van der Waals surface area (Å²) in [5, 5.41) is 7.82. The van der Waals surface area contributed by atoms with E-state index in [2.05, 4.69) is 39.1 Å². The number of benzene rings is 2. The van der Waals surface area contributed by atoms with Crippen molar-refractivity contribution in [1.29, 1.82) is 0 Å². The van der Waals surface area contributed by atoms with Crippen LogP contribution in [0.2, 0.25) is 0 Å². The van der Waals surface area contributed by atoms with Crippen LogP contribution in [0, 0.1) is 13.8 Å². The number of anilines is 1. The number of carbonyl (C=O) groups excluding carboxylic acids is 2. The molecule has 208 valence electrons. The Hall–Kier alpha value is -3.30. The SMILES string of the molecule is COCCNC(=O)CN1C(=O)CS[C@@H](c2ccccc2OC)c2c(C(C)(C)C)nn(-c3ccc(C)cc3C)c21. The zero-order valence-corrected chi connectivity index (χ0v) is 24.6. The summed E-state index contributed by atoms with van der Waals surface area (Å²) in [7, 11) is 3.25. The van der Waals surface area contributed by atoms with E-state index >= 15 is 0 Å². The minimum Gasteiger partial charge on any atom is -0.496 e. The molecule has 39 heavy (non-hydrogen) atoms. The van der Waals surface area contributed by atoms with E-state index < -0.39 is 0 Å². The second-order valence-corrected chi connectivity index (χ2v) is 11.9. The number of para-hydroxylation sites is 1. The smallest absolute Gasteiger partial charge is 0.240 e. The maximum atomic E-state index is 13.8. The Balaban J connectivity index is 2.01. The average molecular weight is 551 g/mol. The number of hydrogen-bond donors (Lipinski definition) is 1. The summed E-state index contributed by atoms with van der Waals surface area (Å²) in [5.74, 6) is 1.18. The Kier molecular flexibility index (Phi) is 8.71. The summed E-state index contributed by atoms with van der Waals surface area (Å²) in [6.07, 6.45) is 0. The first-order chi connectivity index (χ1) is 18.6. The topological polar surface area (TPSA) is 85.7 Å². The number of nitrogens with zero attached hydrogens (tertiary/aromatic N) is 3. The van der Waals surface area contributed by atoms with E-state index in [9.17, 15) is 9.59 Å². The molecule has 0 saturated carbocycles. The van der Waals surface area contributed by atoms with Gasteiger partial charge >= 0.3 is 0 Å². The van der Waals surface area contributed by atoms with E-state index in [-0.39, 0.29) is 34.8 Å². The summed E-state index contributed by atoms with van der Waals surface area (Å²) in [4.78, 5) is 28.4. The van der Waals surface area contributed by atoms with Crippen molar-refractivity contribution >= 4 is 29.4 Å². The lowest BCUT2D eigenvalue weighted by Gasteiger charge is -2.25. The van der Waals surface area contributed by atoms with E-state index in [0.717, 1.165) is 39.4 Å². The highest BCUT2D eigenvalue weighted by molar-refractivity contribution is 8.00. The van der Waals surface area contributed by atoms with Crippen molar-refractivity contribution in [3.63, 3.8) is 0 Å². The van der Waals surface area contributed by atoms with Crippen molar-refractivity contribution in [2.75, 3.05) is 44.6 Å². The van der Waals surface area contributed by atoms with E-state index in [4.69, 9.17) is 14.6 Å². The highest BCUT2D eigenvalue weighted by Gasteiger charge is 2.40. The van der Waals surface area contributed by atoms with Crippen molar-refractivity contribution in [2.24, 2.45) is 0 Å². The first-order valence-electron chi connectivity index (χ1n) is 13.1. The fraction of sp³-hybridized carbons (Fsp3) is 0.433. The normalized spacial score (nSPS) is 15.6. The Labute approximate surface area is 235 Å². The first kappa shape index (κ1) is 28.7. The molecule has 1 N–H and O–H groups in total. The fourth-order valence-corrected chi connectivity index (χ4v) is 6.13. The Bertz CT molecular complexity index is 1360. The number of amides is 2. The minimum absolute atomic E-state index is 0.116. The van der Waals surface area contributed by atoms with Gasteiger partial charge in [-0.1, -0.05) is 56.7 Å². The predicted octanol–water partition coefficient (Wildman–Crippen LogP) is 4.73. The minimum atomic E-state index is -0.339. The van der Waals surface area contributed by atoms with Crippen LogP contribution in [0.25, 0.3) is 5.69 Å². The van der Waals surface area contributed by atoms with Gasteiger partial charge in [-0.05, 0) is 31.5 Å². The fourth-order valence-electron chi connectivity index (χ4n) is 4.90. The van der Waals surface area contributed by atoms with Gasteiger partial charge < -0.3 is 14.8 Å². The molecule has 0 fully saturated rings. The molecule has 4 rings (SSSR count). The third-order valence-corrected chi connectivity index (χ3v) is 7.97. The zero-order valence-electron chi connectivity index (χ0n) is 23.8. The predicted molar refractivity (Wildman–Crippen MR) is 156 cm³/mol. The lowest BCUT2D eigenvalue weighted by molar-refractivity contribution is -0.123. The van der Waals surface area contributed by atoms with E-state index in [1.54, 1.807) is 19.1 Å². The molecule has 9 heteroatoms. The second-order valence-electron chi connectivity index (χ2n) is 10.8. The van der Waals surface area contributed by atoms with E-state index in [1.165, 1.54) is 11.8 Å². The van der Waals surface area contributed by atoms with Crippen molar-refractivity contribution in [3.8, 4) is 11.4 Å². The van der Waals surface area contributed by atoms with Crippen LogP contribution >= 0.6 is 11.8 Å². The van der Waals surface area contributed by atoms with Gasteiger partial charge in [0.15, 0.2) is 0 Å². The summed E-state index contributed by atoms with van der Waals surface area (Å²) in [5.41, 5.74) is 5.47. The lowest BCUT2D eigenvalue weighted by Crippen LogP contribution is -2.43. The molecule has 8 nitrogen and oxygen atoms in total. The van der Waals surface area contributed by atoms with Crippen molar-refractivity contribution in [1.82, 2.24) is 15.1 Å².